The third-order valence-electron chi connectivity index (χ3n) is 5.21. The standard InChI is InChI=1S/C26H25NO3/c1-17-9-11-19(12-10-17)26-21-14-25(29-3)24(28-2)13-20(21)23(15-22(26)27)30-16-18-7-5-4-6-8-18/h4-15H,16,27H2,1-3H3. The molecule has 2 N–H and O–H groups in total. The van der Waals surface area contributed by atoms with Gasteiger partial charge in [-0.3, -0.25) is 0 Å². The molecule has 0 spiro atoms. The molecule has 0 amide bonds. The van der Waals surface area contributed by atoms with E-state index in [9.17, 15) is 0 Å². The van der Waals surface area contributed by atoms with Gasteiger partial charge in [0.1, 0.15) is 12.4 Å². The van der Waals surface area contributed by atoms with Crippen LogP contribution in [0.3, 0.4) is 0 Å². The summed E-state index contributed by atoms with van der Waals surface area (Å²) in [5, 5.41) is 1.88. The molecule has 0 saturated heterocycles. The fourth-order valence-corrected chi connectivity index (χ4v) is 3.63. The molecule has 0 aromatic heterocycles. The van der Waals surface area contributed by atoms with Gasteiger partial charge in [-0.2, -0.15) is 0 Å². The van der Waals surface area contributed by atoms with Crippen LogP contribution in [0.2, 0.25) is 0 Å². The molecule has 0 aliphatic carbocycles. The Morgan fingerprint density at radius 2 is 1.37 bits per heavy atom. The van der Waals surface area contributed by atoms with Crippen molar-refractivity contribution in [3.05, 3.63) is 83.9 Å². The fourth-order valence-electron chi connectivity index (χ4n) is 3.63. The molecule has 4 aromatic rings. The third kappa shape index (κ3) is 3.77. The van der Waals surface area contributed by atoms with Crippen LogP contribution in [-0.2, 0) is 6.61 Å². The normalized spacial score (nSPS) is 10.8. The van der Waals surface area contributed by atoms with Crippen molar-refractivity contribution in [2.75, 3.05) is 20.0 Å². The minimum Gasteiger partial charge on any atom is -0.493 e. The van der Waals surface area contributed by atoms with Crippen LogP contribution in [0, 0.1) is 6.92 Å². The van der Waals surface area contributed by atoms with Crippen LogP contribution in [-0.4, -0.2) is 14.2 Å². The van der Waals surface area contributed by atoms with E-state index in [1.807, 2.05) is 48.5 Å². The Morgan fingerprint density at radius 1 is 0.733 bits per heavy atom. The molecule has 0 unspecified atom stereocenters. The van der Waals surface area contributed by atoms with Gasteiger partial charge in [-0.15, -0.1) is 0 Å². The largest absolute Gasteiger partial charge is 0.493 e. The summed E-state index contributed by atoms with van der Waals surface area (Å²) in [5.41, 5.74) is 11.5. The summed E-state index contributed by atoms with van der Waals surface area (Å²) in [5.74, 6) is 2.01. The van der Waals surface area contributed by atoms with E-state index >= 15 is 0 Å². The second-order valence-corrected chi connectivity index (χ2v) is 7.23. The molecule has 0 fully saturated rings. The zero-order valence-corrected chi connectivity index (χ0v) is 17.4. The molecule has 0 atom stereocenters. The molecule has 30 heavy (non-hydrogen) atoms. The first-order valence-corrected chi connectivity index (χ1v) is 9.82. The van der Waals surface area contributed by atoms with Gasteiger partial charge in [-0.05, 0) is 35.6 Å². The molecule has 0 radical (unpaired) electrons. The van der Waals surface area contributed by atoms with Crippen molar-refractivity contribution >= 4 is 16.5 Å². The van der Waals surface area contributed by atoms with Crippen LogP contribution in [0.15, 0.2) is 72.8 Å². The van der Waals surface area contributed by atoms with Crippen LogP contribution >= 0.6 is 0 Å². The van der Waals surface area contributed by atoms with Crippen molar-refractivity contribution < 1.29 is 14.2 Å². The summed E-state index contributed by atoms with van der Waals surface area (Å²) in [7, 11) is 3.26. The number of anilines is 1. The van der Waals surface area contributed by atoms with Crippen molar-refractivity contribution in [1.82, 2.24) is 0 Å². The van der Waals surface area contributed by atoms with E-state index in [-0.39, 0.29) is 0 Å². The third-order valence-corrected chi connectivity index (χ3v) is 5.21. The van der Waals surface area contributed by atoms with Gasteiger partial charge in [-0.25, -0.2) is 0 Å². The molecule has 152 valence electrons. The first-order valence-electron chi connectivity index (χ1n) is 9.82. The summed E-state index contributed by atoms with van der Waals surface area (Å²) in [6.07, 6.45) is 0. The number of nitrogen functional groups attached to an aromatic ring is 1. The minimum atomic E-state index is 0.452. The van der Waals surface area contributed by atoms with Crippen molar-refractivity contribution in [3.8, 4) is 28.4 Å². The molecule has 4 rings (SSSR count). The van der Waals surface area contributed by atoms with Gasteiger partial charge < -0.3 is 19.9 Å². The molecule has 0 aliphatic heterocycles. The molecular formula is C26H25NO3. The second-order valence-electron chi connectivity index (χ2n) is 7.23. The number of methoxy groups -OCH3 is 2. The Hall–Kier alpha value is -3.66. The van der Waals surface area contributed by atoms with Crippen molar-refractivity contribution in [2.45, 2.75) is 13.5 Å². The van der Waals surface area contributed by atoms with Crippen LogP contribution in [0.1, 0.15) is 11.1 Å². The number of benzene rings is 4. The molecule has 4 nitrogen and oxygen atoms in total. The van der Waals surface area contributed by atoms with Gasteiger partial charge in [0.2, 0.25) is 0 Å². The Labute approximate surface area is 176 Å². The lowest BCUT2D eigenvalue weighted by Gasteiger charge is -2.18. The van der Waals surface area contributed by atoms with Gasteiger partial charge >= 0.3 is 0 Å². The van der Waals surface area contributed by atoms with Gasteiger partial charge in [0, 0.05) is 22.7 Å². The average molecular weight is 399 g/mol. The number of ether oxygens (including phenoxy) is 3. The Morgan fingerprint density at radius 3 is 2.00 bits per heavy atom. The highest BCUT2D eigenvalue weighted by Crippen LogP contribution is 2.44. The van der Waals surface area contributed by atoms with Crippen molar-refractivity contribution in [3.63, 3.8) is 0 Å². The lowest BCUT2D eigenvalue weighted by atomic mass is 9.94. The number of rotatable bonds is 6. The summed E-state index contributed by atoms with van der Waals surface area (Å²) in [6.45, 7) is 2.52. The molecule has 0 aliphatic rings. The maximum absolute atomic E-state index is 6.54. The zero-order valence-electron chi connectivity index (χ0n) is 17.4. The molecule has 0 heterocycles. The summed E-state index contributed by atoms with van der Waals surface area (Å²) in [4.78, 5) is 0. The highest BCUT2D eigenvalue weighted by Gasteiger charge is 2.17. The predicted octanol–water partition coefficient (Wildman–Crippen LogP) is 5.99. The van der Waals surface area contributed by atoms with E-state index in [1.54, 1.807) is 14.2 Å². The van der Waals surface area contributed by atoms with Crippen LogP contribution in [0.4, 0.5) is 5.69 Å². The van der Waals surface area contributed by atoms with Crippen molar-refractivity contribution in [2.24, 2.45) is 0 Å². The Bertz CT molecular complexity index is 1170. The minimum absolute atomic E-state index is 0.452. The van der Waals surface area contributed by atoms with E-state index in [0.717, 1.165) is 27.5 Å². The average Bonchev–Trinajstić information content (AvgIpc) is 2.78. The van der Waals surface area contributed by atoms with Crippen molar-refractivity contribution in [1.29, 1.82) is 0 Å². The smallest absolute Gasteiger partial charge is 0.161 e. The molecule has 4 heteroatoms. The summed E-state index contributed by atoms with van der Waals surface area (Å²) in [6, 6.07) is 24.2. The fraction of sp³-hybridized carbons (Fsp3) is 0.154. The van der Waals surface area contributed by atoms with Gasteiger partial charge in [-0.1, -0.05) is 60.2 Å². The highest BCUT2D eigenvalue weighted by atomic mass is 16.5. The van der Waals surface area contributed by atoms with Crippen LogP contribution in [0.25, 0.3) is 21.9 Å². The SMILES string of the molecule is COc1cc2c(OCc3ccccc3)cc(N)c(-c3ccc(C)cc3)c2cc1OC. The monoisotopic (exact) mass is 399 g/mol. The molecule has 0 bridgehead atoms. The van der Waals surface area contributed by atoms with Gasteiger partial charge in [0.05, 0.1) is 14.2 Å². The van der Waals surface area contributed by atoms with E-state index in [2.05, 4.69) is 31.2 Å². The number of nitrogens with two attached hydrogens (primary N) is 1. The molecular weight excluding hydrogens is 374 g/mol. The van der Waals surface area contributed by atoms with E-state index < -0.39 is 0 Å². The summed E-state index contributed by atoms with van der Waals surface area (Å²) < 4.78 is 17.3. The van der Waals surface area contributed by atoms with Crippen LogP contribution in [0.5, 0.6) is 17.2 Å². The second kappa shape index (κ2) is 8.37. The quantitative estimate of drug-likeness (QED) is 0.404. The van der Waals surface area contributed by atoms with E-state index in [1.165, 1.54) is 5.56 Å². The lowest BCUT2D eigenvalue weighted by Crippen LogP contribution is -2.00. The first-order chi connectivity index (χ1) is 14.6. The predicted molar refractivity (Wildman–Crippen MR) is 122 cm³/mol. The van der Waals surface area contributed by atoms with E-state index in [0.29, 0.717) is 29.5 Å². The van der Waals surface area contributed by atoms with Gasteiger partial charge in [0.25, 0.3) is 0 Å². The Kier molecular flexibility index (Phi) is 5.48. The number of hydrogen-bond donors (Lipinski definition) is 1. The first kappa shape index (κ1) is 19.6. The number of hydrogen-bond acceptors (Lipinski definition) is 4. The highest BCUT2D eigenvalue weighted by molar-refractivity contribution is 6.06. The number of aryl methyl sites for hydroxylation is 1. The van der Waals surface area contributed by atoms with Gasteiger partial charge in [0.15, 0.2) is 11.5 Å². The van der Waals surface area contributed by atoms with Crippen LogP contribution < -0.4 is 19.9 Å². The van der Waals surface area contributed by atoms with E-state index in [4.69, 9.17) is 19.9 Å². The topological polar surface area (TPSA) is 53.7 Å². The maximum atomic E-state index is 6.54. The lowest BCUT2D eigenvalue weighted by molar-refractivity contribution is 0.310. The molecule has 4 aromatic carbocycles. The zero-order chi connectivity index (χ0) is 21.1. The molecule has 0 saturated carbocycles. The number of fused-ring (bicyclic) bond motifs is 1. The summed E-state index contributed by atoms with van der Waals surface area (Å²) >= 11 is 0. The Balaban J connectivity index is 1.90. The maximum Gasteiger partial charge on any atom is 0.161 e.